The number of ether oxygens (including phenoxy) is 1. The summed E-state index contributed by atoms with van der Waals surface area (Å²) in [5.41, 5.74) is 1.15. The molecule has 0 aromatic heterocycles. The summed E-state index contributed by atoms with van der Waals surface area (Å²) in [7, 11) is 0. The number of likely N-dealkylation sites (N-methyl/N-ethyl adjacent to an activating group) is 1. The summed E-state index contributed by atoms with van der Waals surface area (Å²) >= 11 is 0. The Bertz CT molecular complexity index is 345. The van der Waals surface area contributed by atoms with E-state index in [2.05, 4.69) is 58.1 Å². The Kier molecular flexibility index (Phi) is 5.01. The van der Waals surface area contributed by atoms with Gasteiger partial charge in [-0.15, -0.1) is 0 Å². The van der Waals surface area contributed by atoms with Gasteiger partial charge < -0.3 is 10.1 Å². The van der Waals surface area contributed by atoms with E-state index in [1.807, 2.05) is 6.07 Å². The highest BCUT2D eigenvalue weighted by Gasteiger charge is 2.19. The number of hydrogen-bond acceptors (Lipinski definition) is 2. The summed E-state index contributed by atoms with van der Waals surface area (Å²) in [6.07, 6.45) is 0. The van der Waals surface area contributed by atoms with E-state index < -0.39 is 0 Å². The maximum atomic E-state index is 6.03. The molecule has 1 aromatic rings. The molecule has 0 atom stereocenters. The van der Waals surface area contributed by atoms with Crippen molar-refractivity contribution in [2.24, 2.45) is 0 Å². The van der Waals surface area contributed by atoms with Crippen molar-refractivity contribution in [3.8, 4) is 5.75 Å². The number of rotatable bonds is 6. The highest BCUT2D eigenvalue weighted by molar-refractivity contribution is 5.30. The highest BCUT2D eigenvalue weighted by atomic mass is 16.5. The molecule has 1 rings (SSSR count). The molecule has 0 heterocycles. The summed E-state index contributed by atoms with van der Waals surface area (Å²) in [6, 6.07) is 8.38. The zero-order chi connectivity index (χ0) is 12.9. The van der Waals surface area contributed by atoms with E-state index in [1.165, 1.54) is 5.56 Å². The van der Waals surface area contributed by atoms with Gasteiger partial charge in [-0.3, -0.25) is 0 Å². The average molecular weight is 235 g/mol. The minimum absolute atomic E-state index is 0.175. The second-order valence-corrected chi connectivity index (χ2v) is 5.37. The van der Waals surface area contributed by atoms with Crippen molar-refractivity contribution < 1.29 is 4.74 Å². The third kappa shape index (κ3) is 4.78. The lowest BCUT2D eigenvalue weighted by Crippen LogP contribution is -2.40. The second kappa shape index (κ2) is 6.06. The number of benzene rings is 1. The van der Waals surface area contributed by atoms with Crippen LogP contribution in [0.15, 0.2) is 24.3 Å². The Morgan fingerprint density at radius 1 is 1.29 bits per heavy atom. The fraction of sp³-hybridized carbons (Fsp3) is 0.600. The average Bonchev–Trinajstić information content (AvgIpc) is 2.26. The minimum Gasteiger partial charge on any atom is -0.487 e. The standard InChI is InChI=1S/C15H25NO/c1-6-16-11-15(4,5)17-14-9-7-8-13(10-14)12(2)3/h7-10,12,16H,6,11H2,1-5H3. The van der Waals surface area contributed by atoms with Gasteiger partial charge in [0.1, 0.15) is 11.4 Å². The first-order chi connectivity index (χ1) is 7.94. The van der Waals surface area contributed by atoms with E-state index in [0.717, 1.165) is 18.8 Å². The molecule has 0 spiro atoms. The lowest BCUT2D eigenvalue weighted by atomic mass is 10.0. The second-order valence-electron chi connectivity index (χ2n) is 5.37. The molecule has 96 valence electrons. The molecule has 0 aliphatic heterocycles. The Balaban J connectivity index is 2.70. The third-order valence-corrected chi connectivity index (χ3v) is 2.72. The van der Waals surface area contributed by atoms with E-state index in [0.29, 0.717) is 5.92 Å². The lowest BCUT2D eigenvalue weighted by Gasteiger charge is -2.27. The molecule has 17 heavy (non-hydrogen) atoms. The maximum Gasteiger partial charge on any atom is 0.120 e. The molecule has 0 bridgehead atoms. The zero-order valence-electron chi connectivity index (χ0n) is 11.7. The Morgan fingerprint density at radius 3 is 2.59 bits per heavy atom. The Labute approximate surface area is 105 Å². The van der Waals surface area contributed by atoms with Crippen molar-refractivity contribution in [3.63, 3.8) is 0 Å². The number of hydrogen-bond donors (Lipinski definition) is 1. The van der Waals surface area contributed by atoms with Crippen LogP contribution in [0.3, 0.4) is 0 Å². The first kappa shape index (κ1) is 14.0. The molecular weight excluding hydrogens is 210 g/mol. The normalized spacial score (nSPS) is 11.9. The van der Waals surface area contributed by atoms with Gasteiger partial charge in [-0.25, -0.2) is 0 Å². The zero-order valence-corrected chi connectivity index (χ0v) is 11.7. The van der Waals surface area contributed by atoms with Crippen molar-refractivity contribution in [1.82, 2.24) is 5.32 Å². The highest BCUT2D eigenvalue weighted by Crippen LogP contribution is 2.23. The van der Waals surface area contributed by atoms with Gasteiger partial charge in [-0.1, -0.05) is 32.9 Å². The van der Waals surface area contributed by atoms with Crippen LogP contribution in [0, 0.1) is 0 Å². The molecule has 1 N–H and O–H groups in total. The van der Waals surface area contributed by atoms with Crippen LogP contribution in [-0.4, -0.2) is 18.7 Å². The Hall–Kier alpha value is -1.02. The molecule has 1 aromatic carbocycles. The number of nitrogens with one attached hydrogen (secondary N) is 1. The van der Waals surface area contributed by atoms with Crippen molar-refractivity contribution in [2.75, 3.05) is 13.1 Å². The van der Waals surface area contributed by atoms with Crippen LogP contribution in [0.2, 0.25) is 0 Å². The Morgan fingerprint density at radius 2 is 2.00 bits per heavy atom. The molecule has 2 nitrogen and oxygen atoms in total. The van der Waals surface area contributed by atoms with Crippen LogP contribution >= 0.6 is 0 Å². The summed E-state index contributed by atoms with van der Waals surface area (Å²) < 4.78 is 6.03. The molecular formula is C15H25NO. The fourth-order valence-corrected chi connectivity index (χ4v) is 1.72. The van der Waals surface area contributed by atoms with Gasteiger partial charge in [-0.2, -0.15) is 0 Å². The molecule has 0 fully saturated rings. The van der Waals surface area contributed by atoms with Gasteiger partial charge in [0.25, 0.3) is 0 Å². The van der Waals surface area contributed by atoms with Gasteiger partial charge in [0.15, 0.2) is 0 Å². The van der Waals surface area contributed by atoms with Crippen LogP contribution in [0.25, 0.3) is 0 Å². The predicted octanol–water partition coefficient (Wildman–Crippen LogP) is 3.58. The van der Waals surface area contributed by atoms with Crippen molar-refractivity contribution >= 4 is 0 Å². The van der Waals surface area contributed by atoms with Crippen molar-refractivity contribution in [2.45, 2.75) is 46.1 Å². The predicted molar refractivity (Wildman–Crippen MR) is 73.8 cm³/mol. The minimum atomic E-state index is -0.175. The van der Waals surface area contributed by atoms with E-state index in [9.17, 15) is 0 Å². The molecule has 0 unspecified atom stereocenters. The molecule has 0 saturated carbocycles. The van der Waals surface area contributed by atoms with Crippen LogP contribution in [0.5, 0.6) is 5.75 Å². The first-order valence-electron chi connectivity index (χ1n) is 6.44. The SMILES string of the molecule is CCNCC(C)(C)Oc1cccc(C(C)C)c1. The lowest BCUT2D eigenvalue weighted by molar-refractivity contribution is 0.108. The van der Waals surface area contributed by atoms with Gasteiger partial charge in [0.05, 0.1) is 0 Å². The van der Waals surface area contributed by atoms with Gasteiger partial charge in [0, 0.05) is 6.54 Å². The smallest absolute Gasteiger partial charge is 0.120 e. The summed E-state index contributed by atoms with van der Waals surface area (Å²) in [4.78, 5) is 0. The molecule has 0 aliphatic carbocycles. The van der Waals surface area contributed by atoms with Crippen molar-refractivity contribution in [3.05, 3.63) is 29.8 Å². The first-order valence-corrected chi connectivity index (χ1v) is 6.44. The van der Waals surface area contributed by atoms with E-state index in [-0.39, 0.29) is 5.60 Å². The van der Waals surface area contributed by atoms with Gasteiger partial charge >= 0.3 is 0 Å². The quantitative estimate of drug-likeness (QED) is 0.813. The van der Waals surface area contributed by atoms with Crippen LogP contribution in [0.4, 0.5) is 0 Å². The molecule has 2 heteroatoms. The molecule has 0 saturated heterocycles. The summed E-state index contributed by atoms with van der Waals surface area (Å²) in [5.74, 6) is 1.49. The third-order valence-electron chi connectivity index (χ3n) is 2.72. The van der Waals surface area contributed by atoms with Gasteiger partial charge in [-0.05, 0) is 44.0 Å². The molecule has 0 radical (unpaired) electrons. The summed E-state index contributed by atoms with van der Waals surface area (Å²) in [5, 5.41) is 3.32. The molecule has 0 aliphatic rings. The van der Waals surface area contributed by atoms with E-state index in [1.54, 1.807) is 0 Å². The topological polar surface area (TPSA) is 21.3 Å². The van der Waals surface area contributed by atoms with Crippen LogP contribution in [-0.2, 0) is 0 Å². The van der Waals surface area contributed by atoms with Crippen LogP contribution < -0.4 is 10.1 Å². The van der Waals surface area contributed by atoms with Crippen molar-refractivity contribution in [1.29, 1.82) is 0 Å². The van der Waals surface area contributed by atoms with E-state index >= 15 is 0 Å². The van der Waals surface area contributed by atoms with E-state index in [4.69, 9.17) is 4.74 Å². The monoisotopic (exact) mass is 235 g/mol. The summed E-state index contributed by atoms with van der Waals surface area (Å²) in [6.45, 7) is 12.5. The largest absolute Gasteiger partial charge is 0.487 e. The molecule has 0 amide bonds. The van der Waals surface area contributed by atoms with Gasteiger partial charge in [0.2, 0.25) is 0 Å². The van der Waals surface area contributed by atoms with Crippen LogP contribution in [0.1, 0.15) is 46.1 Å². The maximum absolute atomic E-state index is 6.03. The fourth-order valence-electron chi connectivity index (χ4n) is 1.72.